The number of aromatic nitrogens is 1. The van der Waals surface area contributed by atoms with Crippen LogP contribution in [0.4, 0.5) is 5.69 Å². The van der Waals surface area contributed by atoms with Gasteiger partial charge in [-0.05, 0) is 32.8 Å². The molecule has 2 heterocycles. The molecule has 0 bridgehead atoms. The summed E-state index contributed by atoms with van der Waals surface area (Å²) in [5.41, 5.74) is 0.564. The molecule has 1 aromatic heterocycles. The molecular formula is C13H21N3O3S. The summed E-state index contributed by atoms with van der Waals surface area (Å²) in [5, 5.41) is 3.03. The highest BCUT2D eigenvalue weighted by atomic mass is 32.2. The SMILES string of the molecule is CCNc1ccncc1S(=O)(=O)NC(C)C1CCCO1. The van der Waals surface area contributed by atoms with Gasteiger partial charge < -0.3 is 10.1 Å². The summed E-state index contributed by atoms with van der Waals surface area (Å²) < 4.78 is 33.1. The number of hydrogen-bond donors (Lipinski definition) is 2. The summed E-state index contributed by atoms with van der Waals surface area (Å²) in [6.07, 6.45) is 4.75. The zero-order chi connectivity index (χ0) is 14.6. The Morgan fingerprint density at radius 2 is 2.35 bits per heavy atom. The van der Waals surface area contributed by atoms with Gasteiger partial charge in [0.05, 0.1) is 11.8 Å². The maximum atomic E-state index is 12.4. The Labute approximate surface area is 120 Å². The van der Waals surface area contributed by atoms with E-state index >= 15 is 0 Å². The van der Waals surface area contributed by atoms with E-state index in [4.69, 9.17) is 4.74 Å². The lowest BCUT2D eigenvalue weighted by Gasteiger charge is -2.20. The third-order valence-corrected chi connectivity index (χ3v) is 4.89. The van der Waals surface area contributed by atoms with Gasteiger partial charge in [-0.1, -0.05) is 0 Å². The van der Waals surface area contributed by atoms with Crippen LogP contribution in [0.3, 0.4) is 0 Å². The maximum Gasteiger partial charge on any atom is 0.244 e. The summed E-state index contributed by atoms with van der Waals surface area (Å²) in [6.45, 7) is 5.09. The zero-order valence-corrected chi connectivity index (χ0v) is 12.6. The minimum atomic E-state index is -3.60. The molecule has 2 atom stereocenters. The summed E-state index contributed by atoms with van der Waals surface area (Å²) in [5.74, 6) is 0. The van der Waals surface area contributed by atoms with Crippen molar-refractivity contribution in [1.29, 1.82) is 0 Å². The molecule has 2 unspecified atom stereocenters. The molecule has 0 amide bonds. The van der Waals surface area contributed by atoms with E-state index in [0.29, 0.717) is 18.8 Å². The van der Waals surface area contributed by atoms with Gasteiger partial charge in [-0.3, -0.25) is 4.98 Å². The lowest BCUT2D eigenvalue weighted by molar-refractivity contribution is 0.0902. The first-order valence-electron chi connectivity index (χ1n) is 6.86. The van der Waals surface area contributed by atoms with E-state index in [1.54, 1.807) is 12.3 Å². The van der Waals surface area contributed by atoms with Gasteiger partial charge in [0.15, 0.2) is 0 Å². The average Bonchev–Trinajstić information content (AvgIpc) is 2.93. The van der Waals surface area contributed by atoms with Crippen molar-refractivity contribution in [3.05, 3.63) is 18.5 Å². The Kier molecular flexibility index (Phi) is 4.95. The van der Waals surface area contributed by atoms with Crippen molar-refractivity contribution in [2.75, 3.05) is 18.5 Å². The Bertz CT molecular complexity index is 542. The molecule has 2 N–H and O–H groups in total. The van der Waals surface area contributed by atoms with Crippen molar-refractivity contribution in [3.63, 3.8) is 0 Å². The van der Waals surface area contributed by atoms with Crippen molar-refractivity contribution in [1.82, 2.24) is 9.71 Å². The van der Waals surface area contributed by atoms with Crippen LogP contribution in [0.15, 0.2) is 23.4 Å². The van der Waals surface area contributed by atoms with Gasteiger partial charge in [0.1, 0.15) is 4.90 Å². The molecule has 0 aliphatic carbocycles. The van der Waals surface area contributed by atoms with E-state index in [-0.39, 0.29) is 17.0 Å². The number of pyridine rings is 1. The molecule has 0 aromatic carbocycles. The van der Waals surface area contributed by atoms with Gasteiger partial charge in [-0.15, -0.1) is 0 Å². The van der Waals surface area contributed by atoms with E-state index in [1.807, 2.05) is 13.8 Å². The first kappa shape index (κ1) is 15.2. The first-order chi connectivity index (χ1) is 9.54. The monoisotopic (exact) mass is 299 g/mol. The minimum Gasteiger partial charge on any atom is -0.384 e. The summed E-state index contributed by atoms with van der Waals surface area (Å²) in [4.78, 5) is 4.08. The van der Waals surface area contributed by atoms with Crippen LogP contribution < -0.4 is 10.0 Å². The van der Waals surface area contributed by atoms with Crippen LogP contribution in [0.25, 0.3) is 0 Å². The average molecular weight is 299 g/mol. The van der Waals surface area contributed by atoms with Crippen LogP contribution in [0.2, 0.25) is 0 Å². The van der Waals surface area contributed by atoms with Crippen LogP contribution >= 0.6 is 0 Å². The highest BCUT2D eigenvalue weighted by molar-refractivity contribution is 7.89. The molecule has 1 aliphatic heterocycles. The second-order valence-corrected chi connectivity index (χ2v) is 6.55. The third-order valence-electron chi connectivity index (χ3n) is 3.30. The fraction of sp³-hybridized carbons (Fsp3) is 0.615. The number of rotatable bonds is 6. The molecule has 2 rings (SSSR count). The zero-order valence-electron chi connectivity index (χ0n) is 11.8. The predicted octanol–water partition coefficient (Wildman–Crippen LogP) is 1.36. The highest BCUT2D eigenvalue weighted by Crippen LogP contribution is 2.21. The molecule has 20 heavy (non-hydrogen) atoms. The molecule has 0 spiro atoms. The van der Waals surface area contributed by atoms with Crippen LogP contribution in [0, 0.1) is 0 Å². The molecule has 0 radical (unpaired) electrons. The van der Waals surface area contributed by atoms with E-state index in [9.17, 15) is 8.42 Å². The Balaban J connectivity index is 2.17. The van der Waals surface area contributed by atoms with Crippen LogP contribution in [-0.2, 0) is 14.8 Å². The highest BCUT2D eigenvalue weighted by Gasteiger charge is 2.28. The second kappa shape index (κ2) is 6.51. The largest absolute Gasteiger partial charge is 0.384 e. The topological polar surface area (TPSA) is 80.3 Å². The number of sulfonamides is 1. The molecule has 112 valence electrons. The van der Waals surface area contributed by atoms with Crippen molar-refractivity contribution in [2.45, 2.75) is 43.7 Å². The first-order valence-corrected chi connectivity index (χ1v) is 8.34. The lowest BCUT2D eigenvalue weighted by atomic mass is 10.1. The van der Waals surface area contributed by atoms with Crippen molar-refractivity contribution in [2.24, 2.45) is 0 Å². The van der Waals surface area contributed by atoms with Crippen molar-refractivity contribution < 1.29 is 13.2 Å². The minimum absolute atomic E-state index is 0.0518. The summed E-state index contributed by atoms with van der Waals surface area (Å²) in [7, 11) is -3.60. The summed E-state index contributed by atoms with van der Waals surface area (Å²) in [6, 6.07) is 1.41. The molecule has 1 aliphatic rings. The number of anilines is 1. The fourth-order valence-corrected chi connectivity index (χ4v) is 3.71. The van der Waals surface area contributed by atoms with Crippen molar-refractivity contribution in [3.8, 4) is 0 Å². The number of ether oxygens (including phenoxy) is 1. The standard InChI is InChI=1S/C13H21N3O3S/c1-3-15-11-6-7-14-9-13(11)20(17,18)16-10(2)12-5-4-8-19-12/h6-7,9-10,12,16H,3-5,8H2,1-2H3,(H,14,15). The molecular weight excluding hydrogens is 278 g/mol. The van der Waals surface area contributed by atoms with E-state index in [1.165, 1.54) is 6.20 Å². The quantitative estimate of drug-likeness (QED) is 0.829. The summed E-state index contributed by atoms with van der Waals surface area (Å²) >= 11 is 0. The Morgan fingerprint density at radius 1 is 1.55 bits per heavy atom. The Hall–Kier alpha value is -1.18. The van der Waals surface area contributed by atoms with E-state index in [0.717, 1.165) is 12.8 Å². The van der Waals surface area contributed by atoms with Crippen LogP contribution in [-0.4, -0.2) is 38.7 Å². The fourth-order valence-electron chi connectivity index (χ4n) is 2.31. The van der Waals surface area contributed by atoms with Gasteiger partial charge in [0.25, 0.3) is 0 Å². The van der Waals surface area contributed by atoms with Crippen LogP contribution in [0.5, 0.6) is 0 Å². The molecule has 1 aromatic rings. The second-order valence-electron chi connectivity index (χ2n) is 4.86. The normalized spacial score (nSPS) is 20.8. The predicted molar refractivity (Wildman–Crippen MR) is 77.2 cm³/mol. The molecule has 0 saturated carbocycles. The molecule has 7 heteroatoms. The van der Waals surface area contributed by atoms with Gasteiger partial charge in [0, 0.05) is 31.6 Å². The Morgan fingerprint density at radius 3 is 3.00 bits per heavy atom. The van der Waals surface area contributed by atoms with E-state index in [2.05, 4.69) is 15.0 Å². The number of nitrogens with one attached hydrogen (secondary N) is 2. The van der Waals surface area contributed by atoms with E-state index < -0.39 is 10.0 Å². The smallest absolute Gasteiger partial charge is 0.244 e. The van der Waals surface area contributed by atoms with Gasteiger partial charge in [-0.25, -0.2) is 13.1 Å². The molecule has 1 fully saturated rings. The van der Waals surface area contributed by atoms with Gasteiger partial charge >= 0.3 is 0 Å². The number of hydrogen-bond acceptors (Lipinski definition) is 5. The van der Waals surface area contributed by atoms with Crippen LogP contribution in [0.1, 0.15) is 26.7 Å². The molecule has 6 nitrogen and oxygen atoms in total. The number of nitrogens with zero attached hydrogens (tertiary/aromatic N) is 1. The lowest BCUT2D eigenvalue weighted by Crippen LogP contribution is -2.41. The maximum absolute atomic E-state index is 12.4. The van der Waals surface area contributed by atoms with Gasteiger partial charge in [0.2, 0.25) is 10.0 Å². The van der Waals surface area contributed by atoms with Gasteiger partial charge in [-0.2, -0.15) is 0 Å². The third kappa shape index (κ3) is 3.47. The van der Waals surface area contributed by atoms with Crippen molar-refractivity contribution >= 4 is 15.7 Å². The molecule has 1 saturated heterocycles.